The van der Waals surface area contributed by atoms with E-state index in [1.165, 1.54) is 0 Å². The molecule has 1 saturated heterocycles. The SMILES string of the molecule is C#Cc1ccc2c(c1)C(c1ccccc1)=NCc1c(C(=O)N3CCN(c4ncccn4)CC3)ncn1-2. The minimum absolute atomic E-state index is 0.0856. The highest BCUT2D eigenvalue weighted by atomic mass is 16.2. The van der Waals surface area contributed by atoms with Gasteiger partial charge in [0.25, 0.3) is 5.91 Å². The van der Waals surface area contributed by atoms with Crippen LogP contribution in [0.4, 0.5) is 5.95 Å². The lowest BCUT2D eigenvalue weighted by Crippen LogP contribution is -2.49. The quantitative estimate of drug-likeness (QED) is 0.428. The summed E-state index contributed by atoms with van der Waals surface area (Å²) < 4.78 is 1.97. The summed E-state index contributed by atoms with van der Waals surface area (Å²) in [6.07, 6.45) is 10.9. The summed E-state index contributed by atoms with van der Waals surface area (Å²) in [7, 11) is 0. The molecule has 0 saturated carbocycles. The van der Waals surface area contributed by atoms with Crippen LogP contribution >= 0.6 is 0 Å². The second-order valence-corrected chi connectivity index (χ2v) is 8.65. The molecule has 0 radical (unpaired) electrons. The predicted molar refractivity (Wildman–Crippen MR) is 137 cm³/mol. The molecule has 0 spiro atoms. The lowest BCUT2D eigenvalue weighted by molar-refractivity contribution is 0.0739. The van der Waals surface area contributed by atoms with E-state index in [-0.39, 0.29) is 5.91 Å². The fraction of sp³-hybridized carbons (Fsp3) is 0.179. The molecule has 176 valence electrons. The number of rotatable bonds is 3. The second-order valence-electron chi connectivity index (χ2n) is 8.65. The van der Waals surface area contributed by atoms with E-state index in [1.54, 1.807) is 24.8 Å². The molecule has 0 N–H and O–H groups in total. The summed E-state index contributed by atoms with van der Waals surface area (Å²) in [5, 5.41) is 0. The van der Waals surface area contributed by atoms with Crippen molar-refractivity contribution >= 4 is 17.6 Å². The Kier molecular flexibility index (Phi) is 5.51. The number of benzene rings is 2. The Morgan fingerprint density at radius 1 is 0.917 bits per heavy atom. The smallest absolute Gasteiger partial charge is 0.274 e. The Balaban J connectivity index is 1.33. The van der Waals surface area contributed by atoms with E-state index < -0.39 is 0 Å². The third-order valence-electron chi connectivity index (χ3n) is 6.58. The van der Waals surface area contributed by atoms with Crippen LogP contribution in [0.5, 0.6) is 0 Å². The molecule has 4 heterocycles. The van der Waals surface area contributed by atoms with Gasteiger partial charge < -0.3 is 9.80 Å². The number of imidazole rings is 1. The van der Waals surface area contributed by atoms with Gasteiger partial charge in [0.15, 0.2) is 5.69 Å². The van der Waals surface area contributed by atoms with Gasteiger partial charge in [0.1, 0.15) is 6.33 Å². The number of carbonyl (C=O) groups excluding carboxylic acids is 1. The minimum atomic E-state index is -0.0856. The average molecular weight is 474 g/mol. The number of fused-ring (bicyclic) bond motifs is 3. The van der Waals surface area contributed by atoms with Crippen molar-refractivity contribution in [2.75, 3.05) is 31.1 Å². The predicted octanol–water partition coefficient (Wildman–Crippen LogP) is 2.96. The van der Waals surface area contributed by atoms with Crippen LogP contribution in [0.2, 0.25) is 0 Å². The van der Waals surface area contributed by atoms with Gasteiger partial charge in [-0.05, 0) is 24.3 Å². The van der Waals surface area contributed by atoms with E-state index in [0.29, 0.717) is 44.4 Å². The molecule has 8 heteroatoms. The van der Waals surface area contributed by atoms with Gasteiger partial charge in [-0.2, -0.15) is 0 Å². The minimum Gasteiger partial charge on any atom is -0.337 e. The van der Waals surface area contributed by atoms with Gasteiger partial charge in [0.05, 0.1) is 23.6 Å². The lowest BCUT2D eigenvalue weighted by Gasteiger charge is -2.34. The van der Waals surface area contributed by atoms with E-state index in [9.17, 15) is 4.79 Å². The van der Waals surface area contributed by atoms with Crippen molar-refractivity contribution in [3.63, 3.8) is 0 Å². The van der Waals surface area contributed by atoms with Crippen LogP contribution in [-0.4, -0.2) is 62.2 Å². The van der Waals surface area contributed by atoms with Crippen LogP contribution in [0.1, 0.15) is 32.9 Å². The fourth-order valence-corrected chi connectivity index (χ4v) is 4.73. The Bertz CT molecular complexity index is 1490. The van der Waals surface area contributed by atoms with Crippen LogP contribution < -0.4 is 4.90 Å². The highest BCUT2D eigenvalue weighted by Crippen LogP contribution is 2.28. The second kappa shape index (κ2) is 9.12. The number of hydrogen-bond donors (Lipinski definition) is 0. The molecule has 2 aromatic heterocycles. The molecule has 0 aliphatic carbocycles. The molecule has 1 fully saturated rings. The molecular weight excluding hydrogens is 450 g/mol. The Morgan fingerprint density at radius 2 is 1.69 bits per heavy atom. The number of amides is 1. The number of terminal acetylenes is 1. The van der Waals surface area contributed by atoms with Crippen molar-refractivity contribution in [1.29, 1.82) is 0 Å². The van der Waals surface area contributed by atoms with Crippen molar-refractivity contribution in [1.82, 2.24) is 24.4 Å². The van der Waals surface area contributed by atoms with Crippen LogP contribution in [-0.2, 0) is 6.54 Å². The van der Waals surface area contributed by atoms with Crippen molar-refractivity contribution in [2.24, 2.45) is 4.99 Å². The lowest BCUT2D eigenvalue weighted by atomic mass is 9.98. The van der Waals surface area contributed by atoms with Crippen molar-refractivity contribution in [3.05, 3.63) is 101 Å². The van der Waals surface area contributed by atoms with Gasteiger partial charge in [-0.15, -0.1) is 6.42 Å². The van der Waals surface area contributed by atoms with Gasteiger partial charge in [0.2, 0.25) is 5.95 Å². The molecule has 1 amide bonds. The third kappa shape index (κ3) is 3.81. The summed E-state index contributed by atoms with van der Waals surface area (Å²) in [5.41, 5.74) is 5.65. The molecule has 0 bridgehead atoms. The first-order valence-electron chi connectivity index (χ1n) is 11.8. The zero-order valence-corrected chi connectivity index (χ0v) is 19.6. The Labute approximate surface area is 209 Å². The number of anilines is 1. The molecule has 2 aromatic carbocycles. The maximum Gasteiger partial charge on any atom is 0.274 e. The van der Waals surface area contributed by atoms with Gasteiger partial charge in [-0.1, -0.05) is 36.3 Å². The number of piperazine rings is 1. The number of aliphatic imine (C=N–C) groups is 1. The van der Waals surface area contributed by atoms with Crippen LogP contribution in [0.15, 0.2) is 78.3 Å². The zero-order chi connectivity index (χ0) is 24.5. The third-order valence-corrected chi connectivity index (χ3v) is 6.58. The Hall–Kier alpha value is -4.77. The molecule has 6 rings (SSSR count). The Morgan fingerprint density at radius 3 is 2.44 bits per heavy atom. The first kappa shape index (κ1) is 21.7. The van der Waals surface area contributed by atoms with Gasteiger partial charge >= 0.3 is 0 Å². The first-order chi connectivity index (χ1) is 17.7. The average Bonchev–Trinajstić information content (AvgIpc) is 3.30. The highest BCUT2D eigenvalue weighted by molar-refractivity contribution is 6.15. The van der Waals surface area contributed by atoms with Crippen LogP contribution in [0.25, 0.3) is 5.69 Å². The topological polar surface area (TPSA) is 79.5 Å². The molecule has 0 atom stereocenters. The summed E-state index contributed by atoms with van der Waals surface area (Å²) in [6.45, 7) is 2.82. The highest BCUT2D eigenvalue weighted by Gasteiger charge is 2.29. The largest absolute Gasteiger partial charge is 0.337 e. The fourth-order valence-electron chi connectivity index (χ4n) is 4.73. The number of hydrogen-bond acceptors (Lipinski definition) is 6. The molecule has 8 nitrogen and oxygen atoms in total. The monoisotopic (exact) mass is 473 g/mol. The molecule has 2 aliphatic rings. The zero-order valence-electron chi connectivity index (χ0n) is 19.6. The van der Waals surface area contributed by atoms with E-state index in [0.717, 1.165) is 33.8 Å². The molecule has 4 aromatic rings. The number of nitrogens with zero attached hydrogens (tertiary/aromatic N) is 7. The van der Waals surface area contributed by atoms with Crippen molar-refractivity contribution in [3.8, 4) is 18.0 Å². The number of carbonyl (C=O) groups is 1. The summed E-state index contributed by atoms with van der Waals surface area (Å²) in [6, 6.07) is 17.7. The summed E-state index contributed by atoms with van der Waals surface area (Å²) in [5.74, 6) is 3.32. The van der Waals surface area contributed by atoms with Crippen molar-refractivity contribution in [2.45, 2.75) is 6.54 Å². The van der Waals surface area contributed by atoms with Crippen LogP contribution in [0.3, 0.4) is 0 Å². The molecule has 0 unspecified atom stereocenters. The van der Waals surface area contributed by atoms with E-state index >= 15 is 0 Å². The molecular formula is C28H23N7O. The van der Waals surface area contributed by atoms with Gasteiger partial charge in [-0.25, -0.2) is 15.0 Å². The normalized spacial score (nSPS) is 14.8. The van der Waals surface area contributed by atoms with Gasteiger partial charge in [0, 0.05) is 55.3 Å². The summed E-state index contributed by atoms with van der Waals surface area (Å²) in [4.78, 5) is 35.7. The van der Waals surface area contributed by atoms with Gasteiger partial charge in [-0.3, -0.25) is 14.4 Å². The van der Waals surface area contributed by atoms with Crippen LogP contribution in [0, 0.1) is 12.3 Å². The van der Waals surface area contributed by atoms with E-state index in [1.807, 2.05) is 58.0 Å². The maximum atomic E-state index is 13.6. The number of aromatic nitrogens is 4. The van der Waals surface area contributed by atoms with E-state index in [2.05, 4.69) is 25.8 Å². The van der Waals surface area contributed by atoms with Crippen molar-refractivity contribution < 1.29 is 4.79 Å². The molecule has 2 aliphatic heterocycles. The maximum absolute atomic E-state index is 13.6. The first-order valence-corrected chi connectivity index (χ1v) is 11.8. The summed E-state index contributed by atoms with van der Waals surface area (Å²) >= 11 is 0. The standard InChI is InChI=1S/C28H23N7O/c1-2-20-9-10-23-22(17-20)25(21-7-4-3-5-8-21)31-18-24-26(32-19-35(23)24)27(36)33-13-15-34(16-14-33)28-29-11-6-12-30-28/h1,3-12,17,19H,13-16,18H2. The van der Waals surface area contributed by atoms with E-state index in [4.69, 9.17) is 11.4 Å². The molecule has 36 heavy (non-hydrogen) atoms.